The van der Waals surface area contributed by atoms with E-state index < -0.39 is 12.0 Å². The number of carbonyl (C=O) groups is 1. The monoisotopic (exact) mass is 239 g/mol. The minimum atomic E-state index is -1.26. The van der Waals surface area contributed by atoms with E-state index >= 15 is 0 Å². The van der Waals surface area contributed by atoms with Crippen LogP contribution in [-0.2, 0) is 4.79 Å². The summed E-state index contributed by atoms with van der Waals surface area (Å²) in [6, 6.07) is 2.02. The van der Waals surface area contributed by atoms with Gasteiger partial charge in [0.15, 0.2) is 11.5 Å². The van der Waals surface area contributed by atoms with Crippen LogP contribution >= 0.6 is 0 Å². The molecule has 0 aliphatic heterocycles. The predicted molar refractivity (Wildman–Crippen MR) is 63.3 cm³/mol. The van der Waals surface area contributed by atoms with Gasteiger partial charge in [0, 0.05) is 5.56 Å². The van der Waals surface area contributed by atoms with Gasteiger partial charge in [-0.05, 0) is 23.6 Å². The summed E-state index contributed by atoms with van der Waals surface area (Å²) in [5, 5.41) is 18.7. The number of hydrogen-bond donors (Lipinski definition) is 3. The molecule has 0 saturated heterocycles. The van der Waals surface area contributed by atoms with Crippen molar-refractivity contribution in [3.05, 3.63) is 23.3 Å². The Morgan fingerprint density at radius 3 is 2.41 bits per heavy atom. The van der Waals surface area contributed by atoms with Crippen LogP contribution in [0.4, 0.5) is 0 Å². The summed E-state index contributed by atoms with van der Waals surface area (Å²) >= 11 is 0. The van der Waals surface area contributed by atoms with Crippen molar-refractivity contribution in [3.63, 3.8) is 0 Å². The SMILES string of the molecule is COc1cc(C(C)C)cc([C@H](N)C(=O)O)c1O. The molecule has 0 heterocycles. The van der Waals surface area contributed by atoms with Crippen molar-refractivity contribution in [2.24, 2.45) is 5.73 Å². The number of benzene rings is 1. The molecule has 0 fully saturated rings. The first-order valence-corrected chi connectivity index (χ1v) is 5.27. The molecule has 94 valence electrons. The zero-order valence-electron chi connectivity index (χ0n) is 10.1. The molecule has 0 aliphatic rings. The first-order chi connectivity index (χ1) is 7.88. The van der Waals surface area contributed by atoms with E-state index in [1.54, 1.807) is 12.1 Å². The minimum Gasteiger partial charge on any atom is -0.504 e. The van der Waals surface area contributed by atoms with Crippen LogP contribution in [0.25, 0.3) is 0 Å². The zero-order chi connectivity index (χ0) is 13.2. The smallest absolute Gasteiger partial charge is 0.325 e. The van der Waals surface area contributed by atoms with Crippen LogP contribution in [0.3, 0.4) is 0 Å². The van der Waals surface area contributed by atoms with E-state index in [4.69, 9.17) is 15.6 Å². The highest BCUT2D eigenvalue weighted by atomic mass is 16.5. The molecule has 0 unspecified atom stereocenters. The number of aliphatic carboxylic acids is 1. The maximum Gasteiger partial charge on any atom is 0.325 e. The van der Waals surface area contributed by atoms with Crippen molar-refractivity contribution >= 4 is 5.97 Å². The summed E-state index contributed by atoms with van der Waals surface area (Å²) in [4.78, 5) is 10.9. The molecule has 0 bridgehead atoms. The molecule has 1 atom stereocenters. The molecular formula is C12H17NO4. The van der Waals surface area contributed by atoms with Gasteiger partial charge in [0.05, 0.1) is 7.11 Å². The number of phenolic OH excluding ortho intramolecular Hbond substituents is 1. The van der Waals surface area contributed by atoms with Crippen LogP contribution in [0.5, 0.6) is 11.5 Å². The van der Waals surface area contributed by atoms with Crippen molar-refractivity contribution in [1.82, 2.24) is 0 Å². The Bertz CT molecular complexity index is 429. The van der Waals surface area contributed by atoms with Gasteiger partial charge in [-0.1, -0.05) is 13.8 Å². The number of carboxylic acids is 1. The van der Waals surface area contributed by atoms with Gasteiger partial charge >= 0.3 is 5.97 Å². The van der Waals surface area contributed by atoms with Gasteiger partial charge in [-0.3, -0.25) is 4.79 Å². The molecule has 0 radical (unpaired) electrons. The second-order valence-corrected chi connectivity index (χ2v) is 4.13. The topological polar surface area (TPSA) is 92.8 Å². The van der Waals surface area contributed by atoms with Crippen molar-refractivity contribution in [1.29, 1.82) is 0 Å². The van der Waals surface area contributed by atoms with E-state index in [0.29, 0.717) is 0 Å². The number of nitrogens with two attached hydrogens (primary N) is 1. The summed E-state index contributed by atoms with van der Waals surface area (Å²) in [6.45, 7) is 3.92. The Morgan fingerprint density at radius 1 is 1.41 bits per heavy atom. The Kier molecular flexibility index (Phi) is 3.96. The molecule has 1 aromatic rings. The zero-order valence-corrected chi connectivity index (χ0v) is 10.1. The highest BCUT2D eigenvalue weighted by Gasteiger charge is 2.22. The van der Waals surface area contributed by atoms with Gasteiger partial charge in [0.1, 0.15) is 6.04 Å². The molecule has 1 aromatic carbocycles. The Morgan fingerprint density at radius 2 is 2.00 bits per heavy atom. The van der Waals surface area contributed by atoms with E-state index in [0.717, 1.165) is 5.56 Å². The lowest BCUT2D eigenvalue weighted by molar-refractivity contribution is -0.138. The fourth-order valence-corrected chi connectivity index (χ4v) is 1.51. The van der Waals surface area contributed by atoms with Crippen LogP contribution in [0.2, 0.25) is 0 Å². The maximum absolute atomic E-state index is 10.9. The predicted octanol–water partition coefficient (Wildman–Crippen LogP) is 1.61. The number of hydrogen-bond acceptors (Lipinski definition) is 4. The second-order valence-electron chi connectivity index (χ2n) is 4.13. The van der Waals surface area contributed by atoms with Crippen LogP contribution in [0.1, 0.15) is 36.9 Å². The number of phenols is 1. The van der Waals surface area contributed by atoms with Crippen molar-refractivity contribution in [2.75, 3.05) is 7.11 Å². The third kappa shape index (κ3) is 2.68. The van der Waals surface area contributed by atoms with Gasteiger partial charge in [0.25, 0.3) is 0 Å². The lowest BCUT2D eigenvalue weighted by atomic mass is 9.96. The summed E-state index contributed by atoms with van der Waals surface area (Å²) in [5.74, 6) is -0.984. The molecular weight excluding hydrogens is 222 g/mol. The molecule has 0 amide bonds. The van der Waals surface area contributed by atoms with E-state index in [9.17, 15) is 9.90 Å². The lowest BCUT2D eigenvalue weighted by Gasteiger charge is -2.16. The van der Waals surface area contributed by atoms with Crippen LogP contribution in [0, 0.1) is 0 Å². The Labute approximate surface area is 99.8 Å². The summed E-state index contributed by atoms with van der Waals surface area (Å²) < 4.78 is 5.01. The van der Waals surface area contributed by atoms with Gasteiger partial charge in [-0.25, -0.2) is 0 Å². The summed E-state index contributed by atoms with van der Waals surface area (Å²) in [6.07, 6.45) is 0. The number of rotatable bonds is 4. The van der Waals surface area contributed by atoms with Crippen molar-refractivity contribution in [2.45, 2.75) is 25.8 Å². The van der Waals surface area contributed by atoms with Gasteiger partial charge in [-0.2, -0.15) is 0 Å². The first-order valence-electron chi connectivity index (χ1n) is 5.27. The van der Waals surface area contributed by atoms with Crippen LogP contribution in [-0.4, -0.2) is 23.3 Å². The van der Waals surface area contributed by atoms with Crippen LogP contribution in [0.15, 0.2) is 12.1 Å². The third-order valence-electron chi connectivity index (χ3n) is 2.61. The number of methoxy groups -OCH3 is 1. The third-order valence-corrected chi connectivity index (χ3v) is 2.61. The molecule has 0 aromatic heterocycles. The van der Waals surface area contributed by atoms with E-state index in [1.807, 2.05) is 13.8 Å². The lowest BCUT2D eigenvalue weighted by Crippen LogP contribution is -2.21. The molecule has 0 spiro atoms. The number of aromatic hydroxyl groups is 1. The summed E-state index contributed by atoms with van der Waals surface area (Å²) in [7, 11) is 1.41. The highest BCUT2D eigenvalue weighted by Crippen LogP contribution is 2.36. The van der Waals surface area contributed by atoms with Crippen molar-refractivity contribution < 1.29 is 19.7 Å². The molecule has 5 heteroatoms. The summed E-state index contributed by atoms with van der Waals surface area (Å²) in [5.41, 5.74) is 6.55. The van der Waals surface area contributed by atoms with E-state index in [1.165, 1.54) is 7.11 Å². The standard InChI is InChI=1S/C12H17NO4/c1-6(2)7-4-8(10(13)12(15)16)11(14)9(5-7)17-3/h4-6,10,14H,13H2,1-3H3,(H,15,16)/t10-/m0/s1. The van der Waals surface area contributed by atoms with Gasteiger partial charge in [-0.15, -0.1) is 0 Å². The molecule has 0 aliphatic carbocycles. The van der Waals surface area contributed by atoms with E-state index in [-0.39, 0.29) is 23.0 Å². The Hall–Kier alpha value is -1.75. The van der Waals surface area contributed by atoms with Gasteiger partial charge in [0.2, 0.25) is 0 Å². The molecule has 1 rings (SSSR count). The highest BCUT2D eigenvalue weighted by molar-refractivity contribution is 5.77. The van der Waals surface area contributed by atoms with Gasteiger partial charge < -0.3 is 20.7 Å². The van der Waals surface area contributed by atoms with E-state index in [2.05, 4.69) is 0 Å². The molecule has 5 nitrogen and oxygen atoms in total. The molecule has 4 N–H and O–H groups in total. The second kappa shape index (κ2) is 5.05. The quantitative estimate of drug-likeness (QED) is 0.742. The Balaban J connectivity index is 3.37. The fourth-order valence-electron chi connectivity index (χ4n) is 1.51. The molecule has 0 saturated carbocycles. The molecule has 17 heavy (non-hydrogen) atoms. The largest absolute Gasteiger partial charge is 0.504 e. The number of carboxylic acid groups (broad SMARTS) is 1. The van der Waals surface area contributed by atoms with Crippen molar-refractivity contribution in [3.8, 4) is 11.5 Å². The average molecular weight is 239 g/mol. The average Bonchev–Trinajstić information content (AvgIpc) is 2.27. The minimum absolute atomic E-state index is 0.167. The van der Waals surface area contributed by atoms with Crippen LogP contribution < -0.4 is 10.5 Å². The number of ether oxygens (including phenoxy) is 1. The normalized spacial score (nSPS) is 12.5. The maximum atomic E-state index is 10.9. The first kappa shape index (κ1) is 13.3. The fraction of sp³-hybridized carbons (Fsp3) is 0.417.